The molecule has 3 rings (SSSR count). The summed E-state index contributed by atoms with van der Waals surface area (Å²) in [4.78, 5) is 2.86. The molecule has 0 amide bonds. The van der Waals surface area contributed by atoms with E-state index in [9.17, 15) is 5.11 Å². The van der Waals surface area contributed by atoms with Gasteiger partial charge in [0.15, 0.2) is 5.69 Å². The fraction of sp³-hybridized carbons (Fsp3) is 0.0667. The lowest BCUT2D eigenvalue weighted by atomic mass is 10.2. The number of nitrogens with zero attached hydrogens (tertiary/aromatic N) is 2. The third-order valence-corrected chi connectivity index (χ3v) is 2.98. The van der Waals surface area contributed by atoms with E-state index in [1.54, 1.807) is 13.2 Å². The molecule has 0 atom stereocenters. The van der Waals surface area contributed by atoms with Crippen molar-refractivity contribution in [3.63, 3.8) is 0 Å². The van der Waals surface area contributed by atoms with Crippen molar-refractivity contribution >= 4 is 22.3 Å². The molecule has 1 aromatic heterocycles. The maximum Gasteiger partial charge on any atom is 0.218 e. The third-order valence-electron chi connectivity index (χ3n) is 2.98. The summed E-state index contributed by atoms with van der Waals surface area (Å²) in [5, 5.41) is 19.0. The first-order valence-electron chi connectivity index (χ1n) is 6.13. The van der Waals surface area contributed by atoms with Crippen LogP contribution >= 0.6 is 0 Å². The minimum atomic E-state index is 0.0119. The fourth-order valence-electron chi connectivity index (χ4n) is 1.99. The fourth-order valence-corrected chi connectivity index (χ4v) is 1.99. The Balaban J connectivity index is 2.00. The number of hydrogen-bond donors (Lipinski definition) is 2. The Labute approximate surface area is 115 Å². The molecule has 20 heavy (non-hydrogen) atoms. The van der Waals surface area contributed by atoms with E-state index in [-0.39, 0.29) is 5.88 Å². The summed E-state index contributed by atoms with van der Waals surface area (Å²) in [5.74, 6) is 0.724. The van der Waals surface area contributed by atoms with Crippen molar-refractivity contribution in [3.05, 3.63) is 48.5 Å². The predicted molar refractivity (Wildman–Crippen MR) is 77.1 cm³/mol. The molecule has 0 radical (unpaired) electrons. The van der Waals surface area contributed by atoms with Gasteiger partial charge in [-0.25, -0.2) is 0 Å². The third kappa shape index (κ3) is 2.21. The number of benzene rings is 2. The minimum absolute atomic E-state index is 0.0119. The van der Waals surface area contributed by atoms with Gasteiger partial charge in [0, 0.05) is 11.5 Å². The van der Waals surface area contributed by atoms with E-state index in [0.29, 0.717) is 17.1 Å². The summed E-state index contributed by atoms with van der Waals surface area (Å²) < 4.78 is 5.13. The molecule has 1 heterocycles. The van der Waals surface area contributed by atoms with E-state index in [4.69, 9.17) is 4.74 Å². The first kappa shape index (κ1) is 12.2. The molecular formula is C15H13N3O2. The molecule has 3 aromatic rings. The molecule has 0 bridgehead atoms. The van der Waals surface area contributed by atoms with Crippen LogP contribution in [0.2, 0.25) is 0 Å². The second-order valence-electron chi connectivity index (χ2n) is 4.27. The quantitative estimate of drug-likeness (QED) is 0.694. The number of hydrogen-bond acceptors (Lipinski definition) is 4. The highest BCUT2D eigenvalue weighted by Crippen LogP contribution is 2.36. The van der Waals surface area contributed by atoms with Gasteiger partial charge >= 0.3 is 0 Å². The lowest BCUT2D eigenvalue weighted by Gasteiger charge is -1.98. The Hall–Kier alpha value is -2.82. The van der Waals surface area contributed by atoms with Gasteiger partial charge in [-0.2, -0.15) is 5.11 Å². The summed E-state index contributed by atoms with van der Waals surface area (Å²) in [6, 6.07) is 14.8. The molecular weight excluding hydrogens is 254 g/mol. The topological polar surface area (TPSA) is 70.0 Å². The minimum Gasteiger partial charge on any atom is -0.497 e. The number of aromatic hydroxyl groups is 1. The summed E-state index contributed by atoms with van der Waals surface area (Å²) >= 11 is 0. The van der Waals surface area contributed by atoms with E-state index < -0.39 is 0 Å². The van der Waals surface area contributed by atoms with Crippen LogP contribution in [0.25, 0.3) is 10.9 Å². The SMILES string of the molecule is COc1cccc(N=Nc2c(O)[nH]c3ccccc23)c1. The maximum absolute atomic E-state index is 9.88. The summed E-state index contributed by atoms with van der Waals surface area (Å²) in [6.45, 7) is 0. The Morgan fingerprint density at radius 2 is 1.90 bits per heavy atom. The van der Waals surface area contributed by atoms with Crippen molar-refractivity contribution in [2.24, 2.45) is 10.2 Å². The molecule has 0 aliphatic carbocycles. The van der Waals surface area contributed by atoms with E-state index in [0.717, 1.165) is 10.9 Å². The summed E-state index contributed by atoms with van der Waals surface area (Å²) in [5.41, 5.74) is 1.92. The molecule has 2 aromatic carbocycles. The number of azo groups is 1. The smallest absolute Gasteiger partial charge is 0.218 e. The zero-order chi connectivity index (χ0) is 13.9. The monoisotopic (exact) mass is 267 g/mol. The van der Waals surface area contributed by atoms with Crippen LogP contribution in [-0.4, -0.2) is 17.2 Å². The highest BCUT2D eigenvalue weighted by atomic mass is 16.5. The summed E-state index contributed by atoms with van der Waals surface area (Å²) in [6.07, 6.45) is 0. The lowest BCUT2D eigenvalue weighted by Crippen LogP contribution is -1.79. The number of H-pyrrole nitrogens is 1. The Morgan fingerprint density at radius 3 is 2.75 bits per heavy atom. The van der Waals surface area contributed by atoms with Crippen LogP contribution in [0.3, 0.4) is 0 Å². The molecule has 0 saturated carbocycles. The zero-order valence-corrected chi connectivity index (χ0v) is 10.9. The van der Waals surface area contributed by atoms with Crippen LogP contribution in [0.15, 0.2) is 58.8 Å². The van der Waals surface area contributed by atoms with Crippen molar-refractivity contribution in [2.75, 3.05) is 7.11 Å². The van der Waals surface area contributed by atoms with Gasteiger partial charge in [-0.1, -0.05) is 24.3 Å². The van der Waals surface area contributed by atoms with Gasteiger partial charge in [-0.05, 0) is 18.2 Å². The maximum atomic E-state index is 9.88. The van der Waals surface area contributed by atoms with Crippen LogP contribution in [-0.2, 0) is 0 Å². The molecule has 0 aliphatic heterocycles. The molecule has 0 unspecified atom stereocenters. The standard InChI is InChI=1S/C15H13N3O2/c1-20-11-6-4-5-10(9-11)17-18-14-12-7-2-3-8-13(12)16-15(14)19/h2-9,16,19H,1H3. The van der Waals surface area contributed by atoms with Crippen molar-refractivity contribution in [3.8, 4) is 11.6 Å². The molecule has 0 spiro atoms. The number of aromatic nitrogens is 1. The van der Waals surface area contributed by atoms with Crippen molar-refractivity contribution in [1.29, 1.82) is 0 Å². The highest BCUT2D eigenvalue weighted by Gasteiger charge is 2.09. The first-order chi connectivity index (χ1) is 9.78. The second kappa shape index (κ2) is 5.05. The number of fused-ring (bicyclic) bond motifs is 1. The number of nitrogens with one attached hydrogen (secondary N) is 1. The molecule has 0 fully saturated rings. The van der Waals surface area contributed by atoms with Gasteiger partial charge in [0.1, 0.15) is 5.75 Å². The average molecular weight is 267 g/mol. The Bertz CT molecular complexity index is 778. The molecule has 0 aliphatic rings. The van der Waals surface area contributed by atoms with E-state index in [1.807, 2.05) is 42.5 Å². The van der Waals surface area contributed by atoms with Gasteiger partial charge in [-0.15, -0.1) is 5.11 Å². The normalized spacial score (nSPS) is 11.2. The van der Waals surface area contributed by atoms with Gasteiger partial charge < -0.3 is 14.8 Å². The molecule has 100 valence electrons. The number of ether oxygens (including phenoxy) is 1. The van der Waals surface area contributed by atoms with Gasteiger partial charge in [0.05, 0.1) is 18.3 Å². The van der Waals surface area contributed by atoms with E-state index in [1.165, 1.54) is 0 Å². The number of aromatic amines is 1. The average Bonchev–Trinajstić information content (AvgIpc) is 2.81. The van der Waals surface area contributed by atoms with Crippen LogP contribution in [0.5, 0.6) is 11.6 Å². The molecule has 2 N–H and O–H groups in total. The molecule has 5 heteroatoms. The lowest BCUT2D eigenvalue weighted by molar-refractivity contribution is 0.415. The van der Waals surface area contributed by atoms with Crippen molar-refractivity contribution in [2.45, 2.75) is 0 Å². The van der Waals surface area contributed by atoms with Crippen molar-refractivity contribution < 1.29 is 9.84 Å². The van der Waals surface area contributed by atoms with Gasteiger partial charge in [-0.3, -0.25) is 0 Å². The summed E-state index contributed by atoms with van der Waals surface area (Å²) in [7, 11) is 1.60. The molecule has 5 nitrogen and oxygen atoms in total. The second-order valence-corrected chi connectivity index (χ2v) is 4.27. The Morgan fingerprint density at radius 1 is 1.05 bits per heavy atom. The van der Waals surface area contributed by atoms with E-state index >= 15 is 0 Å². The van der Waals surface area contributed by atoms with Gasteiger partial charge in [0.25, 0.3) is 0 Å². The van der Waals surface area contributed by atoms with Crippen LogP contribution < -0.4 is 4.74 Å². The van der Waals surface area contributed by atoms with E-state index in [2.05, 4.69) is 15.2 Å². The number of methoxy groups -OCH3 is 1. The molecule has 0 saturated heterocycles. The van der Waals surface area contributed by atoms with Crippen LogP contribution in [0.4, 0.5) is 11.4 Å². The van der Waals surface area contributed by atoms with Crippen LogP contribution in [0, 0.1) is 0 Å². The first-order valence-corrected chi connectivity index (χ1v) is 6.13. The zero-order valence-electron chi connectivity index (χ0n) is 10.9. The van der Waals surface area contributed by atoms with Crippen LogP contribution in [0.1, 0.15) is 0 Å². The predicted octanol–water partition coefficient (Wildman–Crippen LogP) is 4.30. The highest BCUT2D eigenvalue weighted by molar-refractivity contribution is 5.94. The van der Waals surface area contributed by atoms with Gasteiger partial charge in [0.2, 0.25) is 5.88 Å². The largest absolute Gasteiger partial charge is 0.497 e. The Kier molecular flexibility index (Phi) is 3.09. The van der Waals surface area contributed by atoms with Crippen molar-refractivity contribution in [1.82, 2.24) is 4.98 Å². The number of para-hydroxylation sites is 1. The number of rotatable bonds is 3.